The van der Waals surface area contributed by atoms with Gasteiger partial charge in [0.2, 0.25) is 0 Å². The molecular weight excluding hydrogens is 460 g/mol. The molecule has 2 aromatic heterocycles. The van der Waals surface area contributed by atoms with Gasteiger partial charge in [-0.3, -0.25) is 9.59 Å². The second kappa shape index (κ2) is 10.5. The molecule has 0 spiro atoms. The number of rotatable bonds is 9. The molecule has 0 aliphatic heterocycles. The zero-order valence-corrected chi connectivity index (χ0v) is 19.5. The van der Waals surface area contributed by atoms with Crippen LogP contribution in [0.25, 0.3) is 11.0 Å². The van der Waals surface area contributed by atoms with E-state index in [0.29, 0.717) is 36.4 Å². The van der Waals surface area contributed by atoms with Crippen molar-refractivity contribution in [3.05, 3.63) is 70.4 Å². The number of nitrogens with zero attached hydrogens (tertiary/aromatic N) is 2. The highest BCUT2D eigenvalue weighted by atomic mass is 32.2. The lowest BCUT2D eigenvalue weighted by molar-refractivity contribution is 0.0926. The number of nitrogens with one attached hydrogen (secondary N) is 2. The molecule has 0 saturated heterocycles. The SMILES string of the molecule is Cc1nnc(SCc2c(C(=O)NCCCNC(=O)c3cccc(O)c3)oc3ccccc23)s1. The van der Waals surface area contributed by atoms with Crippen molar-refractivity contribution in [3.63, 3.8) is 0 Å². The first-order valence-electron chi connectivity index (χ1n) is 10.3. The summed E-state index contributed by atoms with van der Waals surface area (Å²) in [6.45, 7) is 2.66. The predicted octanol–water partition coefficient (Wildman–Crippen LogP) is 4.14. The molecule has 33 heavy (non-hydrogen) atoms. The maximum Gasteiger partial charge on any atom is 0.287 e. The number of aromatic nitrogens is 2. The van der Waals surface area contributed by atoms with E-state index in [4.69, 9.17) is 4.42 Å². The van der Waals surface area contributed by atoms with Crippen molar-refractivity contribution in [2.75, 3.05) is 13.1 Å². The fourth-order valence-electron chi connectivity index (χ4n) is 3.22. The van der Waals surface area contributed by atoms with Crippen molar-refractivity contribution in [1.82, 2.24) is 20.8 Å². The van der Waals surface area contributed by atoms with Crippen molar-refractivity contribution >= 4 is 45.9 Å². The van der Waals surface area contributed by atoms with Gasteiger partial charge in [-0.05, 0) is 37.6 Å². The maximum atomic E-state index is 12.9. The minimum atomic E-state index is -0.297. The van der Waals surface area contributed by atoms with Gasteiger partial charge in [0.25, 0.3) is 11.8 Å². The van der Waals surface area contributed by atoms with Crippen LogP contribution in [0.5, 0.6) is 5.75 Å². The first kappa shape index (κ1) is 22.8. The van der Waals surface area contributed by atoms with Gasteiger partial charge in [-0.25, -0.2) is 0 Å². The van der Waals surface area contributed by atoms with Crippen LogP contribution in [0.4, 0.5) is 0 Å². The third-order valence-corrected chi connectivity index (χ3v) is 6.78. The largest absolute Gasteiger partial charge is 0.508 e. The molecule has 2 aromatic carbocycles. The molecule has 4 aromatic rings. The normalized spacial score (nSPS) is 10.9. The molecule has 0 aliphatic rings. The number of aromatic hydroxyl groups is 1. The number of phenolic OH excluding ortho intramolecular Hbond substituents is 1. The summed E-state index contributed by atoms with van der Waals surface area (Å²) in [6, 6.07) is 13.7. The van der Waals surface area contributed by atoms with Crippen LogP contribution in [-0.2, 0) is 5.75 Å². The zero-order valence-electron chi connectivity index (χ0n) is 17.8. The van der Waals surface area contributed by atoms with E-state index in [0.717, 1.165) is 20.3 Å². The smallest absolute Gasteiger partial charge is 0.287 e. The van der Waals surface area contributed by atoms with Crippen molar-refractivity contribution < 1.29 is 19.1 Å². The summed E-state index contributed by atoms with van der Waals surface area (Å²) in [7, 11) is 0. The average molecular weight is 483 g/mol. The summed E-state index contributed by atoms with van der Waals surface area (Å²) in [5, 5.41) is 25.1. The number of aryl methyl sites for hydroxylation is 1. The summed E-state index contributed by atoms with van der Waals surface area (Å²) in [5.41, 5.74) is 1.86. The van der Waals surface area contributed by atoms with E-state index < -0.39 is 0 Å². The van der Waals surface area contributed by atoms with Crippen molar-refractivity contribution in [1.29, 1.82) is 0 Å². The molecule has 8 nitrogen and oxygen atoms in total. The Kier molecular flexibility index (Phi) is 7.26. The number of phenols is 1. The molecule has 0 saturated carbocycles. The number of carbonyl (C=O) groups is 2. The van der Waals surface area contributed by atoms with Crippen LogP contribution in [-0.4, -0.2) is 40.2 Å². The first-order chi connectivity index (χ1) is 16.0. The zero-order chi connectivity index (χ0) is 23.2. The van der Waals surface area contributed by atoms with E-state index >= 15 is 0 Å². The molecule has 0 atom stereocenters. The van der Waals surface area contributed by atoms with Crippen molar-refractivity contribution in [3.8, 4) is 5.75 Å². The van der Waals surface area contributed by atoms with Crippen molar-refractivity contribution in [2.45, 2.75) is 23.4 Å². The van der Waals surface area contributed by atoms with E-state index in [1.807, 2.05) is 31.2 Å². The number of furan rings is 1. The lowest BCUT2D eigenvalue weighted by Gasteiger charge is -2.07. The Morgan fingerprint density at radius 2 is 1.85 bits per heavy atom. The van der Waals surface area contributed by atoms with E-state index in [1.54, 1.807) is 12.1 Å². The van der Waals surface area contributed by atoms with E-state index in [9.17, 15) is 14.7 Å². The van der Waals surface area contributed by atoms with Gasteiger partial charge in [-0.15, -0.1) is 10.2 Å². The first-order valence-corrected chi connectivity index (χ1v) is 12.1. The number of hydrogen-bond acceptors (Lipinski definition) is 8. The van der Waals surface area contributed by atoms with E-state index in [2.05, 4.69) is 20.8 Å². The molecule has 170 valence electrons. The standard InChI is InChI=1S/C23H22N4O4S2/c1-14-26-27-23(33-14)32-13-18-17-8-2-3-9-19(17)31-20(18)22(30)25-11-5-10-24-21(29)15-6-4-7-16(28)12-15/h2-4,6-9,12,28H,5,10-11,13H2,1H3,(H,24,29)(H,25,30). The molecule has 0 aliphatic carbocycles. The summed E-state index contributed by atoms with van der Waals surface area (Å²) < 4.78 is 6.71. The Morgan fingerprint density at radius 3 is 2.61 bits per heavy atom. The highest BCUT2D eigenvalue weighted by molar-refractivity contribution is 8.00. The van der Waals surface area contributed by atoms with Gasteiger partial charge in [0.1, 0.15) is 16.3 Å². The lowest BCUT2D eigenvalue weighted by Crippen LogP contribution is -2.30. The Hall–Kier alpha value is -3.37. The van der Waals surface area contributed by atoms with Crippen LogP contribution in [0.15, 0.2) is 57.3 Å². The van der Waals surface area contributed by atoms with Crippen LogP contribution in [0.1, 0.15) is 37.9 Å². The van der Waals surface area contributed by atoms with Crippen LogP contribution < -0.4 is 10.6 Å². The fourth-order valence-corrected chi connectivity index (χ4v) is 5.06. The Bertz CT molecular complexity index is 1280. The predicted molar refractivity (Wildman–Crippen MR) is 128 cm³/mol. The highest BCUT2D eigenvalue weighted by Gasteiger charge is 2.21. The number of fused-ring (bicyclic) bond motifs is 1. The molecule has 0 unspecified atom stereocenters. The van der Waals surface area contributed by atoms with Crippen LogP contribution in [0.3, 0.4) is 0 Å². The van der Waals surface area contributed by atoms with Gasteiger partial charge in [-0.2, -0.15) is 0 Å². The maximum absolute atomic E-state index is 12.9. The molecule has 2 heterocycles. The van der Waals surface area contributed by atoms with Gasteiger partial charge < -0.3 is 20.2 Å². The number of thioether (sulfide) groups is 1. The van der Waals surface area contributed by atoms with Crippen LogP contribution in [0, 0.1) is 6.92 Å². The molecule has 2 amide bonds. The fraction of sp³-hybridized carbons (Fsp3) is 0.217. The highest BCUT2D eigenvalue weighted by Crippen LogP contribution is 2.33. The van der Waals surface area contributed by atoms with Gasteiger partial charge in [0.15, 0.2) is 10.1 Å². The Morgan fingerprint density at radius 1 is 1.06 bits per heavy atom. The summed E-state index contributed by atoms with van der Waals surface area (Å²) in [4.78, 5) is 25.0. The molecule has 0 radical (unpaired) electrons. The monoisotopic (exact) mass is 482 g/mol. The number of benzene rings is 2. The van der Waals surface area contributed by atoms with E-state index in [1.165, 1.54) is 35.2 Å². The number of carbonyl (C=O) groups excluding carboxylic acids is 2. The van der Waals surface area contributed by atoms with Gasteiger partial charge in [0.05, 0.1) is 0 Å². The number of amides is 2. The number of hydrogen-bond donors (Lipinski definition) is 3. The molecule has 0 bridgehead atoms. The quantitative estimate of drug-likeness (QED) is 0.242. The molecule has 3 N–H and O–H groups in total. The molecule has 10 heteroatoms. The second-order valence-corrected chi connectivity index (χ2v) is 9.60. The Balaban J connectivity index is 1.34. The second-order valence-electron chi connectivity index (χ2n) is 7.20. The Labute approximate surface area is 198 Å². The van der Waals surface area contributed by atoms with Gasteiger partial charge in [0, 0.05) is 35.4 Å². The lowest BCUT2D eigenvalue weighted by atomic mass is 10.1. The molecule has 0 fully saturated rings. The third-order valence-electron chi connectivity index (χ3n) is 4.78. The van der Waals surface area contributed by atoms with Crippen molar-refractivity contribution in [2.24, 2.45) is 0 Å². The van der Waals surface area contributed by atoms with Gasteiger partial charge in [-0.1, -0.05) is 47.4 Å². The topological polar surface area (TPSA) is 117 Å². The summed E-state index contributed by atoms with van der Waals surface area (Å²) in [6.07, 6.45) is 0.546. The summed E-state index contributed by atoms with van der Waals surface area (Å²) >= 11 is 3.03. The van der Waals surface area contributed by atoms with E-state index in [-0.39, 0.29) is 23.3 Å². The average Bonchev–Trinajstić information content (AvgIpc) is 3.40. The minimum absolute atomic E-state index is 0.0379. The van der Waals surface area contributed by atoms with Crippen LogP contribution >= 0.6 is 23.1 Å². The molecule has 4 rings (SSSR count). The van der Waals surface area contributed by atoms with Crippen LogP contribution in [0.2, 0.25) is 0 Å². The molecular formula is C23H22N4O4S2. The third kappa shape index (κ3) is 5.71. The van der Waals surface area contributed by atoms with Gasteiger partial charge >= 0.3 is 0 Å². The number of para-hydroxylation sites is 1. The minimum Gasteiger partial charge on any atom is -0.508 e. The summed E-state index contributed by atoms with van der Waals surface area (Å²) in [5.74, 6) is 0.286.